The molecule has 1 aromatic rings. The molecule has 1 aliphatic heterocycles. The molecule has 1 aliphatic carbocycles. The van der Waals surface area contributed by atoms with E-state index < -0.39 is 0 Å². The number of thioether (sulfide) groups is 1. The van der Waals surface area contributed by atoms with E-state index in [1.807, 2.05) is 0 Å². The van der Waals surface area contributed by atoms with Gasteiger partial charge in [0, 0.05) is 6.92 Å². The Morgan fingerprint density at radius 3 is 2.90 bits per heavy atom. The number of aryl methyl sites for hydroxylation is 1. The third kappa shape index (κ3) is 3.77. The molecular weight excluding hydrogens is 290 g/mol. The van der Waals surface area contributed by atoms with Gasteiger partial charge in [-0.05, 0) is 19.3 Å². The lowest BCUT2D eigenvalue weighted by Crippen LogP contribution is -2.38. The maximum atomic E-state index is 12.0. The van der Waals surface area contributed by atoms with Crippen LogP contribution in [-0.2, 0) is 9.53 Å². The Morgan fingerprint density at radius 1 is 1.38 bits per heavy atom. The molecule has 0 aromatic carbocycles. The van der Waals surface area contributed by atoms with Crippen LogP contribution in [-0.4, -0.2) is 40.1 Å². The molecule has 1 amide bonds. The van der Waals surface area contributed by atoms with Gasteiger partial charge in [0.25, 0.3) is 5.22 Å². The molecule has 1 atom stereocenters. The average molecular weight is 311 g/mol. The Bertz CT molecular complexity index is 499. The van der Waals surface area contributed by atoms with Gasteiger partial charge >= 0.3 is 0 Å². The van der Waals surface area contributed by atoms with Crippen LogP contribution in [0.25, 0.3) is 0 Å². The number of nitrogens with one attached hydrogen (secondary N) is 1. The summed E-state index contributed by atoms with van der Waals surface area (Å²) >= 11 is 1.27. The van der Waals surface area contributed by atoms with Crippen molar-refractivity contribution in [1.82, 2.24) is 15.5 Å². The fourth-order valence-corrected chi connectivity index (χ4v) is 3.83. The number of hydrogen-bond donors (Lipinski definition) is 1. The maximum absolute atomic E-state index is 12.0. The largest absolute Gasteiger partial charge is 0.416 e. The van der Waals surface area contributed by atoms with E-state index in [0.29, 0.717) is 23.5 Å². The zero-order valence-corrected chi connectivity index (χ0v) is 13.1. The summed E-state index contributed by atoms with van der Waals surface area (Å²) in [7, 11) is 0. The van der Waals surface area contributed by atoms with Crippen molar-refractivity contribution in [2.45, 2.75) is 62.3 Å². The quantitative estimate of drug-likeness (QED) is 0.858. The topological polar surface area (TPSA) is 77.2 Å². The highest BCUT2D eigenvalue weighted by molar-refractivity contribution is 7.99. The third-order valence-corrected chi connectivity index (χ3v) is 4.99. The fraction of sp³-hybridized carbons (Fsp3) is 0.786. The van der Waals surface area contributed by atoms with E-state index in [2.05, 4.69) is 15.5 Å². The Balaban J connectivity index is 1.43. The summed E-state index contributed by atoms with van der Waals surface area (Å²) < 4.78 is 11.2. The molecule has 1 N–H and O–H groups in total. The van der Waals surface area contributed by atoms with Gasteiger partial charge in [0.15, 0.2) is 0 Å². The van der Waals surface area contributed by atoms with Crippen molar-refractivity contribution in [1.29, 1.82) is 0 Å². The molecule has 2 aliphatic rings. The van der Waals surface area contributed by atoms with Crippen LogP contribution in [0.2, 0.25) is 0 Å². The molecule has 1 spiro atoms. The summed E-state index contributed by atoms with van der Waals surface area (Å²) in [6, 6.07) is 0.139. The zero-order valence-electron chi connectivity index (χ0n) is 12.3. The predicted octanol–water partition coefficient (Wildman–Crippen LogP) is 2.08. The summed E-state index contributed by atoms with van der Waals surface area (Å²) in [5.41, 5.74) is 0.0347. The average Bonchev–Trinajstić information content (AvgIpc) is 3.05. The Morgan fingerprint density at radius 2 is 2.19 bits per heavy atom. The number of carbonyl (C=O) groups excluding carboxylic acids is 1. The van der Waals surface area contributed by atoms with E-state index in [-0.39, 0.29) is 17.6 Å². The van der Waals surface area contributed by atoms with E-state index >= 15 is 0 Å². The summed E-state index contributed by atoms with van der Waals surface area (Å²) in [4.78, 5) is 12.0. The van der Waals surface area contributed by atoms with Gasteiger partial charge < -0.3 is 14.5 Å². The minimum atomic E-state index is -0.00249. The third-order valence-electron chi connectivity index (χ3n) is 4.17. The molecule has 116 valence electrons. The van der Waals surface area contributed by atoms with Crippen molar-refractivity contribution in [3.8, 4) is 0 Å². The van der Waals surface area contributed by atoms with Crippen LogP contribution in [0.3, 0.4) is 0 Å². The van der Waals surface area contributed by atoms with Crippen molar-refractivity contribution >= 4 is 17.7 Å². The number of ether oxygens (including phenoxy) is 1. The van der Waals surface area contributed by atoms with Crippen LogP contribution < -0.4 is 5.32 Å². The minimum absolute atomic E-state index is 0.00249. The molecule has 0 unspecified atom stereocenters. The first-order valence-electron chi connectivity index (χ1n) is 7.51. The molecule has 6 nitrogen and oxygen atoms in total. The van der Waals surface area contributed by atoms with E-state index in [0.717, 1.165) is 19.3 Å². The van der Waals surface area contributed by atoms with Gasteiger partial charge in [0.1, 0.15) is 0 Å². The molecule has 7 heteroatoms. The lowest BCUT2D eigenvalue weighted by molar-refractivity contribution is -0.119. The Hall–Kier alpha value is -1.08. The van der Waals surface area contributed by atoms with Gasteiger partial charge in [-0.3, -0.25) is 4.79 Å². The van der Waals surface area contributed by atoms with Crippen LogP contribution in [0.15, 0.2) is 9.64 Å². The van der Waals surface area contributed by atoms with E-state index in [9.17, 15) is 4.79 Å². The maximum Gasteiger partial charge on any atom is 0.277 e. The first kappa shape index (κ1) is 14.8. The van der Waals surface area contributed by atoms with Crippen molar-refractivity contribution in [3.63, 3.8) is 0 Å². The number of carbonyl (C=O) groups is 1. The van der Waals surface area contributed by atoms with Crippen LogP contribution in [0, 0.1) is 6.92 Å². The van der Waals surface area contributed by atoms with Gasteiger partial charge in [0.05, 0.1) is 24.0 Å². The summed E-state index contributed by atoms with van der Waals surface area (Å²) in [5, 5.41) is 11.1. The van der Waals surface area contributed by atoms with Gasteiger partial charge in [0.2, 0.25) is 11.8 Å². The molecule has 21 heavy (non-hydrogen) atoms. The Labute approximate surface area is 128 Å². The summed E-state index contributed by atoms with van der Waals surface area (Å²) in [6.07, 6.45) is 7.01. The van der Waals surface area contributed by atoms with Gasteiger partial charge in [-0.2, -0.15) is 0 Å². The molecular formula is C14H21N3O3S. The van der Waals surface area contributed by atoms with Crippen LogP contribution >= 0.6 is 11.8 Å². The highest BCUT2D eigenvalue weighted by atomic mass is 32.2. The summed E-state index contributed by atoms with van der Waals surface area (Å²) in [5.74, 6) is 0.809. The molecule has 1 saturated carbocycles. The number of aromatic nitrogens is 2. The number of rotatable bonds is 4. The number of amides is 1. The monoisotopic (exact) mass is 311 g/mol. The van der Waals surface area contributed by atoms with Crippen molar-refractivity contribution in [2.75, 3.05) is 12.4 Å². The van der Waals surface area contributed by atoms with Gasteiger partial charge in [-0.1, -0.05) is 31.0 Å². The zero-order chi connectivity index (χ0) is 14.7. The fourth-order valence-electron chi connectivity index (χ4n) is 3.21. The van der Waals surface area contributed by atoms with E-state index in [1.54, 1.807) is 6.92 Å². The Kier molecular flexibility index (Phi) is 4.49. The molecule has 0 radical (unpaired) electrons. The predicted molar refractivity (Wildman–Crippen MR) is 78.1 cm³/mol. The van der Waals surface area contributed by atoms with Crippen molar-refractivity contribution in [3.05, 3.63) is 5.89 Å². The second-order valence-electron chi connectivity index (χ2n) is 5.90. The van der Waals surface area contributed by atoms with Crippen LogP contribution in [0.5, 0.6) is 0 Å². The smallest absolute Gasteiger partial charge is 0.277 e. The normalized spacial score (nSPS) is 24.3. The highest BCUT2D eigenvalue weighted by Gasteiger charge is 2.41. The van der Waals surface area contributed by atoms with Gasteiger partial charge in [-0.15, -0.1) is 10.2 Å². The lowest BCUT2D eigenvalue weighted by atomic mass is 9.82. The van der Waals surface area contributed by atoms with Crippen molar-refractivity contribution < 1.29 is 13.9 Å². The standard InChI is InChI=1S/C14H21N3O3S/c1-10-16-17-13(20-10)21-9-12(18)15-11-7-14(19-8-11)5-3-2-4-6-14/h11H,2-9H2,1H3,(H,15,18)/t11-/m1/s1. The SMILES string of the molecule is Cc1nnc(SCC(=O)N[C@H]2COC3(CCCCC3)C2)o1. The van der Waals surface area contributed by atoms with E-state index in [4.69, 9.17) is 9.15 Å². The second-order valence-corrected chi connectivity index (χ2v) is 6.83. The first-order valence-corrected chi connectivity index (χ1v) is 8.50. The molecule has 2 heterocycles. The minimum Gasteiger partial charge on any atom is -0.416 e. The lowest BCUT2D eigenvalue weighted by Gasteiger charge is -2.32. The second kappa shape index (κ2) is 6.36. The van der Waals surface area contributed by atoms with Gasteiger partial charge in [-0.25, -0.2) is 0 Å². The highest BCUT2D eigenvalue weighted by Crippen LogP contribution is 2.39. The molecule has 2 fully saturated rings. The number of nitrogens with zero attached hydrogens (tertiary/aromatic N) is 2. The summed E-state index contributed by atoms with van der Waals surface area (Å²) in [6.45, 7) is 2.37. The molecule has 3 rings (SSSR count). The molecule has 0 bridgehead atoms. The first-order chi connectivity index (χ1) is 10.2. The van der Waals surface area contributed by atoms with Crippen LogP contribution in [0.4, 0.5) is 0 Å². The van der Waals surface area contributed by atoms with Crippen molar-refractivity contribution in [2.24, 2.45) is 0 Å². The number of hydrogen-bond acceptors (Lipinski definition) is 6. The van der Waals surface area contributed by atoms with E-state index in [1.165, 1.54) is 31.0 Å². The molecule has 1 aromatic heterocycles. The molecule has 1 saturated heterocycles. The van der Waals surface area contributed by atoms with Crippen LogP contribution in [0.1, 0.15) is 44.4 Å².